The van der Waals surface area contributed by atoms with Crippen LogP contribution >= 0.6 is 0 Å². The summed E-state index contributed by atoms with van der Waals surface area (Å²) in [5.74, 6) is 0.198. The number of nitrogens with zero attached hydrogens (tertiary/aromatic N) is 3. The number of alkyl halides is 3. The maximum absolute atomic E-state index is 12.6. The maximum Gasteiger partial charge on any atom is 0.435 e. The van der Waals surface area contributed by atoms with Crippen molar-refractivity contribution in [1.29, 1.82) is 0 Å². The van der Waals surface area contributed by atoms with Gasteiger partial charge in [0.25, 0.3) is 0 Å². The normalized spacial score (nSPS) is 11.6. The lowest BCUT2D eigenvalue weighted by molar-refractivity contribution is -0.141. The molecule has 2 heterocycles. The zero-order valence-corrected chi connectivity index (χ0v) is 10.0. The Balaban J connectivity index is 2.17. The summed E-state index contributed by atoms with van der Waals surface area (Å²) >= 11 is 0. The third-order valence-electron chi connectivity index (χ3n) is 2.32. The Morgan fingerprint density at radius 3 is 2.90 bits per heavy atom. The van der Waals surface area contributed by atoms with E-state index in [2.05, 4.69) is 20.1 Å². The van der Waals surface area contributed by atoms with Gasteiger partial charge in [-0.1, -0.05) is 0 Å². The molecule has 3 N–H and O–H groups in total. The molecule has 0 saturated heterocycles. The van der Waals surface area contributed by atoms with E-state index in [0.717, 1.165) is 10.6 Å². The zero-order valence-electron chi connectivity index (χ0n) is 10.0. The van der Waals surface area contributed by atoms with Crippen molar-refractivity contribution in [3.05, 3.63) is 24.2 Å². The number of fused-ring (bicyclic) bond motifs is 1. The van der Waals surface area contributed by atoms with E-state index < -0.39 is 18.0 Å². The van der Waals surface area contributed by atoms with Crippen molar-refractivity contribution in [1.82, 2.24) is 14.6 Å². The second-order valence-corrected chi connectivity index (χ2v) is 3.73. The molecule has 0 bridgehead atoms. The second-order valence-electron chi connectivity index (χ2n) is 3.73. The quantitative estimate of drug-likeness (QED) is 0.826. The zero-order chi connectivity index (χ0) is 14.8. The van der Waals surface area contributed by atoms with Crippen LogP contribution in [-0.2, 0) is 10.9 Å². The number of nitrogens with one attached hydrogen (secondary N) is 1. The van der Waals surface area contributed by atoms with Gasteiger partial charge in [0.15, 0.2) is 11.5 Å². The predicted molar refractivity (Wildman–Crippen MR) is 62.0 cm³/mol. The number of aromatic nitrogens is 3. The summed E-state index contributed by atoms with van der Waals surface area (Å²) in [5.41, 5.74) is 3.92. The van der Waals surface area contributed by atoms with Gasteiger partial charge in [-0.3, -0.25) is 0 Å². The fraction of sp³-hybridized carbons (Fsp3) is 0.300. The smallest absolute Gasteiger partial charge is 0.435 e. The first-order valence-electron chi connectivity index (χ1n) is 5.45. The van der Waals surface area contributed by atoms with Gasteiger partial charge in [-0.2, -0.15) is 18.3 Å². The van der Waals surface area contributed by atoms with Crippen LogP contribution in [0.1, 0.15) is 5.69 Å². The van der Waals surface area contributed by atoms with Crippen molar-refractivity contribution in [3.8, 4) is 0 Å². The molecule has 10 heteroatoms. The van der Waals surface area contributed by atoms with Crippen molar-refractivity contribution < 1.29 is 22.7 Å². The van der Waals surface area contributed by atoms with Crippen LogP contribution in [-0.4, -0.2) is 33.8 Å². The van der Waals surface area contributed by atoms with Crippen LogP contribution < -0.4 is 11.1 Å². The van der Waals surface area contributed by atoms with Crippen molar-refractivity contribution in [2.75, 3.05) is 18.5 Å². The summed E-state index contributed by atoms with van der Waals surface area (Å²) in [5, 5.41) is 6.14. The Morgan fingerprint density at radius 1 is 1.50 bits per heavy atom. The highest BCUT2D eigenvalue weighted by atomic mass is 19.4. The van der Waals surface area contributed by atoms with Gasteiger partial charge in [-0.15, -0.1) is 0 Å². The summed E-state index contributed by atoms with van der Waals surface area (Å²) in [6, 6.07) is 0.879. The number of rotatable bonds is 4. The van der Waals surface area contributed by atoms with E-state index in [1.54, 1.807) is 0 Å². The van der Waals surface area contributed by atoms with Gasteiger partial charge >= 0.3 is 12.3 Å². The number of ether oxygens (including phenoxy) is 1. The molecule has 0 atom stereocenters. The molecule has 2 aromatic rings. The van der Waals surface area contributed by atoms with E-state index in [1.165, 1.54) is 12.4 Å². The van der Waals surface area contributed by atoms with Crippen LogP contribution in [0.15, 0.2) is 18.5 Å². The van der Waals surface area contributed by atoms with Crippen LogP contribution in [0.4, 0.5) is 23.8 Å². The van der Waals surface area contributed by atoms with Gasteiger partial charge in [-0.05, 0) is 0 Å². The molecule has 7 nitrogen and oxygen atoms in total. The van der Waals surface area contributed by atoms with E-state index in [4.69, 9.17) is 5.73 Å². The predicted octanol–water partition coefficient (Wildman–Crippen LogP) is 1.26. The Hall–Kier alpha value is -2.52. The molecule has 2 aromatic heterocycles. The third kappa shape index (κ3) is 3.08. The summed E-state index contributed by atoms with van der Waals surface area (Å²) < 4.78 is 43.2. The first-order valence-corrected chi connectivity index (χ1v) is 5.45. The van der Waals surface area contributed by atoms with Gasteiger partial charge in [0, 0.05) is 18.5 Å². The van der Waals surface area contributed by atoms with Crippen LogP contribution in [0.2, 0.25) is 0 Å². The fourth-order valence-electron chi connectivity index (χ4n) is 1.52. The van der Waals surface area contributed by atoms with E-state index in [9.17, 15) is 18.0 Å². The van der Waals surface area contributed by atoms with E-state index in [1.807, 2.05) is 0 Å². The van der Waals surface area contributed by atoms with Crippen LogP contribution in [0.3, 0.4) is 0 Å². The molecular weight excluding hydrogens is 279 g/mol. The lowest BCUT2D eigenvalue weighted by Gasteiger charge is -2.06. The lowest BCUT2D eigenvalue weighted by Crippen LogP contribution is -2.18. The van der Waals surface area contributed by atoms with Gasteiger partial charge in [-0.25, -0.2) is 14.3 Å². The largest absolute Gasteiger partial charge is 0.448 e. The lowest BCUT2D eigenvalue weighted by atomic mass is 10.3. The molecule has 1 amide bonds. The molecule has 2 rings (SSSR count). The van der Waals surface area contributed by atoms with E-state index >= 15 is 0 Å². The molecule has 0 unspecified atom stereocenters. The summed E-state index contributed by atoms with van der Waals surface area (Å²) in [4.78, 5) is 14.3. The topological polar surface area (TPSA) is 94.5 Å². The van der Waals surface area contributed by atoms with Crippen molar-refractivity contribution in [2.24, 2.45) is 5.73 Å². The number of carbonyl (C=O) groups excluding carboxylic acids is 1. The monoisotopic (exact) mass is 289 g/mol. The highest BCUT2D eigenvalue weighted by molar-refractivity contribution is 5.68. The molecule has 20 heavy (non-hydrogen) atoms. The molecule has 0 saturated carbocycles. The van der Waals surface area contributed by atoms with E-state index in [-0.39, 0.29) is 24.5 Å². The number of hydrogen-bond donors (Lipinski definition) is 2. The molecule has 0 aliphatic heterocycles. The highest BCUT2D eigenvalue weighted by Gasteiger charge is 2.34. The summed E-state index contributed by atoms with van der Waals surface area (Å²) in [6.45, 7) is 0.125. The van der Waals surface area contributed by atoms with Gasteiger partial charge in [0.1, 0.15) is 12.1 Å². The molecule has 108 valence electrons. The van der Waals surface area contributed by atoms with Crippen molar-refractivity contribution >= 4 is 17.4 Å². The molecule has 0 aromatic carbocycles. The number of amides is 1. The fourth-order valence-corrected chi connectivity index (χ4v) is 1.52. The van der Waals surface area contributed by atoms with Crippen LogP contribution in [0, 0.1) is 0 Å². The molecule has 0 aliphatic carbocycles. The number of halogens is 3. The van der Waals surface area contributed by atoms with Gasteiger partial charge in [0.05, 0.1) is 6.54 Å². The Labute approximate surface area is 110 Å². The second kappa shape index (κ2) is 5.23. The van der Waals surface area contributed by atoms with Gasteiger partial charge in [0.2, 0.25) is 0 Å². The average Bonchev–Trinajstić information content (AvgIpc) is 2.78. The first-order chi connectivity index (χ1) is 9.38. The number of anilines is 1. The first kappa shape index (κ1) is 13.9. The number of nitrogens with two attached hydrogens (primary N) is 1. The molecular formula is C10H10F3N5O2. The molecule has 0 spiro atoms. The molecule has 0 aliphatic rings. The average molecular weight is 289 g/mol. The third-order valence-corrected chi connectivity index (χ3v) is 2.32. The van der Waals surface area contributed by atoms with Gasteiger partial charge < -0.3 is 15.8 Å². The maximum atomic E-state index is 12.6. The minimum absolute atomic E-state index is 0.0294. The number of hydrogen-bond acceptors (Lipinski definition) is 5. The molecule has 0 radical (unpaired) electrons. The van der Waals surface area contributed by atoms with Crippen molar-refractivity contribution in [3.63, 3.8) is 0 Å². The number of carbonyl (C=O) groups is 1. The standard InChI is InChI=1S/C10H10F3N5O2/c11-10(12,13)7-5-6-8(15-1-3-18(6)17-7)16-2-4-20-9(14)19/h1,3,5H,2,4H2,(H2,14,19)(H,15,16). The summed E-state index contributed by atoms with van der Waals surface area (Å²) in [7, 11) is 0. The minimum atomic E-state index is -4.53. The Bertz CT molecular complexity index is 625. The SMILES string of the molecule is NC(=O)OCCNc1nccn2nc(C(F)(F)F)cc12. The van der Waals surface area contributed by atoms with Crippen molar-refractivity contribution in [2.45, 2.75) is 6.18 Å². The Morgan fingerprint density at radius 2 is 2.25 bits per heavy atom. The van der Waals surface area contributed by atoms with Crippen LogP contribution in [0.5, 0.6) is 0 Å². The minimum Gasteiger partial charge on any atom is -0.448 e. The Kier molecular flexibility index (Phi) is 3.63. The van der Waals surface area contributed by atoms with Crippen LogP contribution in [0.25, 0.3) is 5.52 Å². The number of primary amides is 1. The summed E-state index contributed by atoms with van der Waals surface area (Å²) in [6.07, 6.45) is -2.85. The highest BCUT2D eigenvalue weighted by Crippen LogP contribution is 2.29. The molecule has 0 fully saturated rings. The van der Waals surface area contributed by atoms with E-state index in [0.29, 0.717) is 0 Å².